The average Bonchev–Trinajstić information content (AvgIpc) is 2.04. The van der Waals surface area contributed by atoms with E-state index in [2.05, 4.69) is 32.6 Å². The van der Waals surface area contributed by atoms with Crippen molar-refractivity contribution in [3.05, 3.63) is 0 Å². The molecule has 0 aromatic carbocycles. The Kier molecular flexibility index (Phi) is 4.24. The maximum atomic E-state index is 2.73. The molecular formula is C12H25N. The lowest BCUT2D eigenvalue weighted by Gasteiger charge is -2.43. The second kappa shape index (κ2) is 4.99. The van der Waals surface area contributed by atoms with Crippen LogP contribution in [-0.4, -0.2) is 23.0 Å². The van der Waals surface area contributed by atoms with Crippen LogP contribution in [0.25, 0.3) is 0 Å². The quantitative estimate of drug-likeness (QED) is 0.648. The molecule has 2 atom stereocenters. The second-order valence-corrected chi connectivity index (χ2v) is 4.76. The summed E-state index contributed by atoms with van der Waals surface area (Å²) in [4.78, 5) is 2.73. The van der Waals surface area contributed by atoms with Gasteiger partial charge in [0.05, 0.1) is 0 Å². The molecule has 0 aliphatic carbocycles. The van der Waals surface area contributed by atoms with Gasteiger partial charge in [0, 0.05) is 18.1 Å². The first kappa shape index (κ1) is 11.0. The highest BCUT2D eigenvalue weighted by Gasteiger charge is 2.28. The molecule has 1 saturated heterocycles. The highest BCUT2D eigenvalue weighted by molar-refractivity contribution is 4.84. The van der Waals surface area contributed by atoms with E-state index in [1.165, 1.54) is 32.1 Å². The Morgan fingerprint density at radius 1 is 1.31 bits per heavy atom. The summed E-state index contributed by atoms with van der Waals surface area (Å²) < 4.78 is 0. The SMILES string of the molecule is CCCC1CCCC(C)N1C(C)C. The molecule has 0 N–H and O–H groups in total. The third-order valence-corrected chi connectivity index (χ3v) is 3.31. The van der Waals surface area contributed by atoms with Crippen molar-refractivity contribution < 1.29 is 0 Å². The summed E-state index contributed by atoms with van der Waals surface area (Å²) >= 11 is 0. The molecule has 1 aliphatic rings. The van der Waals surface area contributed by atoms with Crippen LogP contribution in [0.5, 0.6) is 0 Å². The third kappa shape index (κ3) is 2.70. The Hall–Kier alpha value is -0.0400. The molecule has 78 valence electrons. The highest BCUT2D eigenvalue weighted by atomic mass is 15.2. The van der Waals surface area contributed by atoms with Gasteiger partial charge in [0.15, 0.2) is 0 Å². The fourth-order valence-corrected chi connectivity index (χ4v) is 2.86. The van der Waals surface area contributed by atoms with Gasteiger partial charge >= 0.3 is 0 Å². The smallest absolute Gasteiger partial charge is 0.0101 e. The van der Waals surface area contributed by atoms with Crippen molar-refractivity contribution in [3.63, 3.8) is 0 Å². The van der Waals surface area contributed by atoms with Crippen molar-refractivity contribution in [1.82, 2.24) is 4.90 Å². The summed E-state index contributed by atoms with van der Waals surface area (Å²) in [5.74, 6) is 0. The minimum absolute atomic E-state index is 0.729. The van der Waals surface area contributed by atoms with Gasteiger partial charge in [0.1, 0.15) is 0 Å². The zero-order valence-corrected chi connectivity index (χ0v) is 9.71. The molecule has 0 amide bonds. The Balaban J connectivity index is 2.57. The van der Waals surface area contributed by atoms with Gasteiger partial charge in [0.25, 0.3) is 0 Å². The summed E-state index contributed by atoms with van der Waals surface area (Å²) in [5.41, 5.74) is 0. The summed E-state index contributed by atoms with van der Waals surface area (Å²) in [6.07, 6.45) is 6.99. The summed E-state index contributed by atoms with van der Waals surface area (Å²) in [5, 5.41) is 0. The van der Waals surface area contributed by atoms with Gasteiger partial charge in [-0.1, -0.05) is 19.8 Å². The van der Waals surface area contributed by atoms with Crippen molar-refractivity contribution in [2.75, 3.05) is 0 Å². The van der Waals surface area contributed by atoms with E-state index in [9.17, 15) is 0 Å². The zero-order chi connectivity index (χ0) is 9.84. The number of nitrogens with zero attached hydrogens (tertiary/aromatic N) is 1. The van der Waals surface area contributed by atoms with Crippen LogP contribution in [0.15, 0.2) is 0 Å². The van der Waals surface area contributed by atoms with E-state index in [-0.39, 0.29) is 0 Å². The van der Waals surface area contributed by atoms with Gasteiger partial charge in [-0.15, -0.1) is 0 Å². The van der Waals surface area contributed by atoms with E-state index in [0.717, 1.165) is 18.1 Å². The molecule has 1 fully saturated rings. The molecule has 1 heteroatoms. The molecule has 0 aromatic heterocycles. The van der Waals surface area contributed by atoms with Gasteiger partial charge in [0.2, 0.25) is 0 Å². The first-order valence-electron chi connectivity index (χ1n) is 5.94. The molecular weight excluding hydrogens is 158 g/mol. The van der Waals surface area contributed by atoms with Gasteiger partial charge in [-0.3, -0.25) is 4.90 Å². The van der Waals surface area contributed by atoms with E-state index in [4.69, 9.17) is 0 Å². The molecule has 1 rings (SSSR count). The normalized spacial score (nSPS) is 31.2. The molecule has 0 spiro atoms. The molecule has 0 saturated carbocycles. The number of hydrogen-bond acceptors (Lipinski definition) is 1. The molecule has 0 radical (unpaired) electrons. The summed E-state index contributed by atoms with van der Waals surface area (Å²) in [7, 11) is 0. The lowest BCUT2D eigenvalue weighted by Crippen LogP contribution is -2.48. The van der Waals surface area contributed by atoms with E-state index >= 15 is 0 Å². The second-order valence-electron chi connectivity index (χ2n) is 4.76. The topological polar surface area (TPSA) is 3.24 Å². The molecule has 13 heavy (non-hydrogen) atoms. The standard InChI is InChI=1S/C12H25N/c1-5-7-12-9-6-8-11(4)13(12)10(2)3/h10-12H,5-9H2,1-4H3. The van der Waals surface area contributed by atoms with Crippen molar-refractivity contribution >= 4 is 0 Å². The summed E-state index contributed by atoms with van der Waals surface area (Å²) in [6, 6.07) is 2.41. The predicted molar refractivity (Wildman–Crippen MR) is 59.0 cm³/mol. The van der Waals surface area contributed by atoms with Crippen LogP contribution in [0.2, 0.25) is 0 Å². The number of likely N-dealkylation sites (tertiary alicyclic amines) is 1. The molecule has 1 aliphatic heterocycles. The van der Waals surface area contributed by atoms with Crippen LogP contribution in [-0.2, 0) is 0 Å². The maximum absolute atomic E-state index is 2.73. The predicted octanol–water partition coefficient (Wildman–Crippen LogP) is 3.44. The molecule has 2 unspecified atom stereocenters. The molecule has 0 bridgehead atoms. The number of piperidine rings is 1. The lowest BCUT2D eigenvalue weighted by molar-refractivity contribution is 0.0555. The minimum Gasteiger partial charge on any atom is -0.295 e. The Bertz CT molecular complexity index is 140. The molecule has 1 nitrogen and oxygen atoms in total. The summed E-state index contributed by atoms with van der Waals surface area (Å²) in [6.45, 7) is 9.37. The number of hydrogen-bond donors (Lipinski definition) is 0. The monoisotopic (exact) mass is 183 g/mol. The first-order chi connectivity index (χ1) is 6.16. The van der Waals surface area contributed by atoms with Gasteiger partial charge in [-0.05, 0) is 40.0 Å². The van der Waals surface area contributed by atoms with Crippen LogP contribution in [0.3, 0.4) is 0 Å². The maximum Gasteiger partial charge on any atom is 0.0101 e. The van der Waals surface area contributed by atoms with Crippen LogP contribution in [0, 0.1) is 0 Å². The van der Waals surface area contributed by atoms with Crippen LogP contribution in [0.1, 0.15) is 59.8 Å². The van der Waals surface area contributed by atoms with E-state index in [1.807, 2.05) is 0 Å². The van der Waals surface area contributed by atoms with E-state index in [1.54, 1.807) is 0 Å². The van der Waals surface area contributed by atoms with E-state index in [0.29, 0.717) is 0 Å². The van der Waals surface area contributed by atoms with Crippen LogP contribution in [0.4, 0.5) is 0 Å². The van der Waals surface area contributed by atoms with Crippen molar-refractivity contribution in [2.45, 2.75) is 77.9 Å². The lowest BCUT2D eigenvalue weighted by atomic mass is 9.92. The van der Waals surface area contributed by atoms with Gasteiger partial charge < -0.3 is 0 Å². The number of rotatable bonds is 3. The Morgan fingerprint density at radius 2 is 2.00 bits per heavy atom. The third-order valence-electron chi connectivity index (χ3n) is 3.31. The highest BCUT2D eigenvalue weighted by Crippen LogP contribution is 2.27. The van der Waals surface area contributed by atoms with Gasteiger partial charge in [-0.25, -0.2) is 0 Å². The zero-order valence-electron chi connectivity index (χ0n) is 9.71. The Labute approximate surface area is 83.5 Å². The van der Waals surface area contributed by atoms with Crippen molar-refractivity contribution in [3.8, 4) is 0 Å². The molecule has 0 aromatic rings. The first-order valence-corrected chi connectivity index (χ1v) is 5.94. The van der Waals surface area contributed by atoms with Crippen LogP contribution < -0.4 is 0 Å². The van der Waals surface area contributed by atoms with Crippen molar-refractivity contribution in [2.24, 2.45) is 0 Å². The van der Waals surface area contributed by atoms with Crippen LogP contribution >= 0.6 is 0 Å². The van der Waals surface area contributed by atoms with Gasteiger partial charge in [-0.2, -0.15) is 0 Å². The fourth-order valence-electron chi connectivity index (χ4n) is 2.86. The average molecular weight is 183 g/mol. The fraction of sp³-hybridized carbons (Fsp3) is 1.00. The van der Waals surface area contributed by atoms with E-state index < -0.39 is 0 Å². The Morgan fingerprint density at radius 3 is 2.54 bits per heavy atom. The minimum atomic E-state index is 0.729. The van der Waals surface area contributed by atoms with Crippen molar-refractivity contribution in [1.29, 1.82) is 0 Å². The largest absolute Gasteiger partial charge is 0.295 e. The molecule has 1 heterocycles.